The molecule has 0 bridgehead atoms. The molecule has 1 amide bonds. The van der Waals surface area contributed by atoms with Gasteiger partial charge in [-0.25, -0.2) is 0 Å². The normalized spacial score (nSPS) is 13.9. The Morgan fingerprint density at radius 3 is 2.44 bits per heavy atom. The van der Waals surface area contributed by atoms with Gasteiger partial charge in [-0.05, 0) is 19.8 Å². The average Bonchev–Trinajstić information content (AvgIpc) is 2.18. The summed E-state index contributed by atoms with van der Waals surface area (Å²) in [5.41, 5.74) is 0.840. The third-order valence-electron chi connectivity index (χ3n) is 2.57. The van der Waals surface area contributed by atoms with Crippen molar-refractivity contribution in [3.8, 4) is 0 Å². The molecule has 0 aliphatic heterocycles. The molecule has 0 saturated carbocycles. The van der Waals surface area contributed by atoms with Gasteiger partial charge in [-0.3, -0.25) is 4.79 Å². The molecule has 0 radical (unpaired) electrons. The fraction of sp³-hybridized carbons (Fsp3) is 0.692. The quantitative estimate of drug-likeness (QED) is 0.509. The lowest BCUT2D eigenvalue weighted by Crippen LogP contribution is -2.40. The van der Waals surface area contributed by atoms with Crippen LogP contribution in [-0.2, 0) is 9.59 Å². The van der Waals surface area contributed by atoms with Crippen LogP contribution in [0, 0.1) is 5.92 Å². The number of hydrogen-bond acceptors (Lipinski definition) is 2. The van der Waals surface area contributed by atoms with Crippen LogP contribution in [0.2, 0.25) is 0 Å². The molecule has 0 aliphatic carbocycles. The average molecular weight is 225 g/mol. The predicted octanol–water partition coefficient (Wildman–Crippen LogP) is 2.46. The molecule has 0 aromatic carbocycles. The Morgan fingerprint density at radius 2 is 2.06 bits per heavy atom. The van der Waals surface area contributed by atoms with Crippen LogP contribution in [0.1, 0.15) is 46.5 Å². The van der Waals surface area contributed by atoms with E-state index in [1.807, 2.05) is 13.8 Å². The second-order valence-corrected chi connectivity index (χ2v) is 4.30. The molecule has 1 N–H and O–H groups in total. The van der Waals surface area contributed by atoms with Gasteiger partial charge in [-0.2, -0.15) is 0 Å². The first-order valence-corrected chi connectivity index (χ1v) is 5.94. The highest BCUT2D eigenvalue weighted by atomic mass is 16.1. The van der Waals surface area contributed by atoms with Crippen LogP contribution in [0.15, 0.2) is 12.2 Å². The van der Waals surface area contributed by atoms with Gasteiger partial charge in [-0.1, -0.05) is 32.4 Å². The first-order chi connectivity index (χ1) is 7.54. The zero-order chi connectivity index (χ0) is 12.6. The van der Waals surface area contributed by atoms with Crippen molar-refractivity contribution in [1.82, 2.24) is 5.32 Å². The number of hydrogen-bond donors (Lipinski definition) is 1. The van der Waals surface area contributed by atoms with Gasteiger partial charge in [0.15, 0.2) is 0 Å². The molecule has 0 spiro atoms. The van der Waals surface area contributed by atoms with Crippen molar-refractivity contribution in [2.45, 2.75) is 52.5 Å². The number of nitrogens with one attached hydrogen (secondary N) is 1. The summed E-state index contributed by atoms with van der Waals surface area (Å²) in [5, 5.41) is 2.92. The molecule has 0 saturated heterocycles. The minimum Gasteiger partial charge on any atom is -0.352 e. The third-order valence-corrected chi connectivity index (χ3v) is 2.57. The van der Waals surface area contributed by atoms with E-state index in [0.717, 1.165) is 31.1 Å². The molecule has 0 aromatic heterocycles. The Kier molecular flexibility index (Phi) is 7.52. The van der Waals surface area contributed by atoms with Crippen molar-refractivity contribution >= 4 is 12.2 Å². The van der Waals surface area contributed by atoms with Gasteiger partial charge in [0.2, 0.25) is 5.91 Å². The third kappa shape index (κ3) is 5.69. The summed E-state index contributed by atoms with van der Waals surface area (Å²) in [6, 6.07) is -0.0284. The van der Waals surface area contributed by atoms with Crippen LogP contribution >= 0.6 is 0 Å². The summed E-state index contributed by atoms with van der Waals surface area (Å²) in [7, 11) is 0. The number of rotatable bonds is 8. The van der Waals surface area contributed by atoms with E-state index in [0.29, 0.717) is 6.42 Å². The van der Waals surface area contributed by atoms with Crippen LogP contribution in [0.3, 0.4) is 0 Å². The molecular weight excluding hydrogens is 202 g/mol. The Bertz CT molecular complexity index is 248. The van der Waals surface area contributed by atoms with Gasteiger partial charge < -0.3 is 10.1 Å². The van der Waals surface area contributed by atoms with Gasteiger partial charge in [0.25, 0.3) is 0 Å². The lowest BCUT2D eigenvalue weighted by atomic mass is 9.94. The van der Waals surface area contributed by atoms with Crippen molar-refractivity contribution in [2.24, 2.45) is 5.92 Å². The standard InChI is InChI=1S/C13H23NO2/c1-5-7-12(11(6-2)9-15)14-13(16)8-10(3)4/h9,11-12H,3,5-8H2,1-2,4H3,(H,14,16)/t11-,12?/m1/s1. The fourth-order valence-electron chi connectivity index (χ4n) is 1.71. The zero-order valence-corrected chi connectivity index (χ0v) is 10.6. The minimum absolute atomic E-state index is 0.0284. The summed E-state index contributed by atoms with van der Waals surface area (Å²) in [5.74, 6) is -0.111. The minimum atomic E-state index is -0.0750. The van der Waals surface area contributed by atoms with E-state index >= 15 is 0 Å². The topological polar surface area (TPSA) is 46.2 Å². The van der Waals surface area contributed by atoms with Gasteiger partial charge in [0.05, 0.1) is 0 Å². The van der Waals surface area contributed by atoms with Crippen molar-refractivity contribution in [3.63, 3.8) is 0 Å². The molecule has 0 aliphatic rings. The Labute approximate surface area is 98.3 Å². The number of aldehydes is 1. The molecule has 3 nitrogen and oxygen atoms in total. The van der Waals surface area contributed by atoms with E-state index in [1.165, 1.54) is 0 Å². The van der Waals surface area contributed by atoms with E-state index in [1.54, 1.807) is 0 Å². The highest BCUT2D eigenvalue weighted by molar-refractivity contribution is 5.79. The molecule has 92 valence electrons. The van der Waals surface area contributed by atoms with Crippen molar-refractivity contribution < 1.29 is 9.59 Å². The van der Waals surface area contributed by atoms with Gasteiger partial charge >= 0.3 is 0 Å². The second kappa shape index (κ2) is 8.08. The molecular formula is C13H23NO2. The first kappa shape index (κ1) is 14.9. The second-order valence-electron chi connectivity index (χ2n) is 4.30. The smallest absolute Gasteiger partial charge is 0.224 e. The van der Waals surface area contributed by atoms with Crippen LogP contribution in [0.4, 0.5) is 0 Å². The Balaban J connectivity index is 4.36. The highest BCUT2D eigenvalue weighted by Crippen LogP contribution is 2.12. The van der Waals surface area contributed by atoms with E-state index in [9.17, 15) is 9.59 Å². The monoisotopic (exact) mass is 225 g/mol. The number of amides is 1. The maximum atomic E-state index is 11.6. The summed E-state index contributed by atoms with van der Waals surface area (Å²) >= 11 is 0. The molecule has 0 fully saturated rings. The maximum Gasteiger partial charge on any atom is 0.224 e. The SMILES string of the molecule is C=C(C)CC(=O)NC(CCC)[C@@H](C=O)CC. The molecule has 3 heteroatoms. The summed E-state index contributed by atoms with van der Waals surface area (Å²) in [6.45, 7) is 9.54. The van der Waals surface area contributed by atoms with Crippen molar-refractivity contribution in [2.75, 3.05) is 0 Å². The maximum absolute atomic E-state index is 11.6. The molecule has 2 atom stereocenters. The van der Waals surface area contributed by atoms with Crippen LogP contribution in [0.5, 0.6) is 0 Å². The zero-order valence-electron chi connectivity index (χ0n) is 10.6. The van der Waals surface area contributed by atoms with E-state index in [4.69, 9.17) is 0 Å². The predicted molar refractivity (Wildman–Crippen MR) is 66.1 cm³/mol. The highest BCUT2D eigenvalue weighted by Gasteiger charge is 2.20. The van der Waals surface area contributed by atoms with Gasteiger partial charge in [0.1, 0.15) is 6.29 Å². The summed E-state index contributed by atoms with van der Waals surface area (Å²) in [6.07, 6.45) is 3.86. The molecule has 0 aromatic rings. The van der Waals surface area contributed by atoms with Crippen molar-refractivity contribution in [3.05, 3.63) is 12.2 Å². The van der Waals surface area contributed by atoms with Gasteiger partial charge in [0, 0.05) is 18.4 Å². The lowest BCUT2D eigenvalue weighted by Gasteiger charge is -2.22. The molecule has 16 heavy (non-hydrogen) atoms. The lowest BCUT2D eigenvalue weighted by molar-refractivity contribution is -0.122. The van der Waals surface area contributed by atoms with Crippen LogP contribution < -0.4 is 5.32 Å². The molecule has 0 rings (SSSR count). The van der Waals surface area contributed by atoms with Crippen molar-refractivity contribution in [1.29, 1.82) is 0 Å². The van der Waals surface area contributed by atoms with E-state index < -0.39 is 0 Å². The Morgan fingerprint density at radius 1 is 1.44 bits per heavy atom. The summed E-state index contributed by atoms with van der Waals surface area (Å²) in [4.78, 5) is 22.5. The van der Waals surface area contributed by atoms with Crippen LogP contribution in [0.25, 0.3) is 0 Å². The molecule has 0 heterocycles. The molecule has 1 unspecified atom stereocenters. The number of carbonyl (C=O) groups excluding carboxylic acids is 2. The van der Waals surface area contributed by atoms with Gasteiger partial charge in [-0.15, -0.1) is 0 Å². The van der Waals surface area contributed by atoms with E-state index in [-0.39, 0.29) is 17.9 Å². The van der Waals surface area contributed by atoms with E-state index in [2.05, 4.69) is 18.8 Å². The Hall–Kier alpha value is -1.12. The largest absolute Gasteiger partial charge is 0.352 e. The fourth-order valence-corrected chi connectivity index (χ4v) is 1.71. The number of carbonyl (C=O) groups is 2. The first-order valence-electron chi connectivity index (χ1n) is 5.94. The summed E-state index contributed by atoms with van der Waals surface area (Å²) < 4.78 is 0. The van der Waals surface area contributed by atoms with Crippen LogP contribution in [-0.4, -0.2) is 18.2 Å².